The highest BCUT2D eigenvalue weighted by Crippen LogP contribution is 2.34. The molecule has 1 fully saturated rings. The quantitative estimate of drug-likeness (QED) is 0.577. The summed E-state index contributed by atoms with van der Waals surface area (Å²) in [5.41, 5.74) is 0.294. The maximum atomic E-state index is 12.4. The summed E-state index contributed by atoms with van der Waals surface area (Å²) in [4.78, 5) is 13.1. The van der Waals surface area contributed by atoms with Crippen LogP contribution < -0.4 is 0 Å². The van der Waals surface area contributed by atoms with Crippen LogP contribution in [0.4, 0.5) is 13.2 Å². The number of carbonyl (C=O) groups excluding carboxylic acids is 1. The Morgan fingerprint density at radius 1 is 1.39 bits per heavy atom. The summed E-state index contributed by atoms with van der Waals surface area (Å²) in [6.07, 6.45) is -3.94. The lowest BCUT2D eigenvalue weighted by Crippen LogP contribution is -2.40. The molecule has 6 heteroatoms. The lowest BCUT2D eigenvalue weighted by molar-refractivity contribution is -0.184. The van der Waals surface area contributed by atoms with Crippen molar-refractivity contribution in [3.8, 4) is 0 Å². The number of carbonyl (C=O) groups is 1. The van der Waals surface area contributed by atoms with Crippen molar-refractivity contribution in [1.29, 1.82) is 0 Å². The minimum atomic E-state index is -4.11. The van der Waals surface area contributed by atoms with E-state index in [0.29, 0.717) is 18.7 Å². The number of ether oxygens (including phenoxy) is 1. The molecular weight excluding hydrogens is 247 g/mol. The first-order valence-corrected chi connectivity index (χ1v) is 5.98. The summed E-state index contributed by atoms with van der Waals surface area (Å²) in [6, 6.07) is 0. The number of nitrogens with zero attached hydrogens (tertiary/aromatic N) is 1. The zero-order chi connectivity index (χ0) is 13.8. The lowest BCUT2D eigenvalue weighted by Gasteiger charge is -2.32. The monoisotopic (exact) mass is 265 g/mol. The van der Waals surface area contributed by atoms with Gasteiger partial charge in [0.2, 0.25) is 0 Å². The molecule has 1 heterocycles. The normalized spacial score (nSPS) is 18.7. The first-order chi connectivity index (χ1) is 8.34. The molecule has 0 saturated carbocycles. The van der Waals surface area contributed by atoms with E-state index >= 15 is 0 Å². The molecule has 1 saturated heterocycles. The fraction of sp³-hybridized carbons (Fsp3) is 0.750. The molecule has 0 aromatic carbocycles. The van der Waals surface area contributed by atoms with Crippen LogP contribution in [0.25, 0.3) is 0 Å². The fourth-order valence-electron chi connectivity index (χ4n) is 1.99. The van der Waals surface area contributed by atoms with E-state index in [1.165, 1.54) is 0 Å². The van der Waals surface area contributed by atoms with Gasteiger partial charge in [0, 0.05) is 12.1 Å². The van der Waals surface area contributed by atoms with E-state index in [0.717, 1.165) is 0 Å². The topological polar surface area (TPSA) is 29.5 Å². The van der Waals surface area contributed by atoms with Crippen LogP contribution in [-0.4, -0.2) is 43.3 Å². The standard InChI is InChI=1S/C12H18F3NO2/c1-3-18-11(17)9(2)8-16-6-4-10(5-7-16)12(13,14)15/h10H,2-8H2,1H3. The van der Waals surface area contributed by atoms with Crippen molar-refractivity contribution in [3.63, 3.8) is 0 Å². The second-order valence-corrected chi connectivity index (χ2v) is 4.42. The Morgan fingerprint density at radius 3 is 2.39 bits per heavy atom. The average Bonchev–Trinajstić information content (AvgIpc) is 2.28. The van der Waals surface area contributed by atoms with Gasteiger partial charge in [0.25, 0.3) is 0 Å². The van der Waals surface area contributed by atoms with E-state index in [-0.39, 0.29) is 26.0 Å². The molecule has 0 N–H and O–H groups in total. The third-order valence-electron chi connectivity index (χ3n) is 3.03. The molecule has 0 bridgehead atoms. The second-order valence-electron chi connectivity index (χ2n) is 4.42. The SMILES string of the molecule is C=C(CN1CCC(C(F)(F)F)CC1)C(=O)OCC. The fourth-order valence-corrected chi connectivity index (χ4v) is 1.99. The van der Waals surface area contributed by atoms with Crippen LogP contribution >= 0.6 is 0 Å². The average molecular weight is 265 g/mol. The molecule has 3 nitrogen and oxygen atoms in total. The van der Waals surface area contributed by atoms with E-state index < -0.39 is 18.1 Å². The van der Waals surface area contributed by atoms with Gasteiger partial charge in [-0.1, -0.05) is 6.58 Å². The number of likely N-dealkylation sites (tertiary alicyclic amines) is 1. The summed E-state index contributed by atoms with van der Waals surface area (Å²) >= 11 is 0. The Morgan fingerprint density at radius 2 is 1.94 bits per heavy atom. The van der Waals surface area contributed by atoms with Gasteiger partial charge in [-0.05, 0) is 32.9 Å². The summed E-state index contributed by atoms with van der Waals surface area (Å²) in [5, 5.41) is 0. The summed E-state index contributed by atoms with van der Waals surface area (Å²) in [7, 11) is 0. The van der Waals surface area contributed by atoms with Crippen LogP contribution in [0.1, 0.15) is 19.8 Å². The van der Waals surface area contributed by atoms with Crippen LogP contribution in [0.3, 0.4) is 0 Å². The molecular formula is C12H18F3NO2. The maximum absolute atomic E-state index is 12.4. The molecule has 1 aliphatic heterocycles. The van der Waals surface area contributed by atoms with E-state index in [1.807, 2.05) is 4.90 Å². The number of halogens is 3. The minimum absolute atomic E-state index is 0.0829. The number of esters is 1. The van der Waals surface area contributed by atoms with Crippen molar-refractivity contribution in [2.24, 2.45) is 5.92 Å². The van der Waals surface area contributed by atoms with Crippen LogP contribution in [-0.2, 0) is 9.53 Å². The van der Waals surface area contributed by atoms with Gasteiger partial charge in [0.1, 0.15) is 0 Å². The van der Waals surface area contributed by atoms with Crippen LogP contribution in [0.15, 0.2) is 12.2 Å². The highest BCUT2D eigenvalue weighted by molar-refractivity contribution is 5.88. The summed E-state index contributed by atoms with van der Waals surface area (Å²) < 4.78 is 42.1. The molecule has 0 aromatic rings. The summed E-state index contributed by atoms with van der Waals surface area (Å²) in [6.45, 7) is 6.52. The third-order valence-corrected chi connectivity index (χ3v) is 3.03. The smallest absolute Gasteiger partial charge is 0.391 e. The minimum Gasteiger partial charge on any atom is -0.463 e. The molecule has 0 unspecified atom stereocenters. The molecule has 104 valence electrons. The van der Waals surface area contributed by atoms with Crippen molar-refractivity contribution >= 4 is 5.97 Å². The number of piperidine rings is 1. The number of rotatable bonds is 4. The molecule has 0 amide bonds. The highest BCUT2D eigenvalue weighted by atomic mass is 19.4. The van der Waals surface area contributed by atoms with Gasteiger partial charge >= 0.3 is 12.1 Å². The second kappa shape index (κ2) is 6.22. The van der Waals surface area contributed by atoms with Gasteiger partial charge in [0.05, 0.1) is 12.5 Å². The molecule has 0 aliphatic carbocycles. The Balaban J connectivity index is 2.36. The van der Waals surface area contributed by atoms with Crippen molar-refractivity contribution in [2.45, 2.75) is 25.9 Å². The Labute approximate surface area is 105 Å². The van der Waals surface area contributed by atoms with E-state index in [9.17, 15) is 18.0 Å². The van der Waals surface area contributed by atoms with Crippen molar-refractivity contribution in [2.75, 3.05) is 26.2 Å². The number of hydrogen-bond donors (Lipinski definition) is 0. The van der Waals surface area contributed by atoms with Gasteiger partial charge in [-0.3, -0.25) is 4.90 Å². The maximum Gasteiger partial charge on any atom is 0.391 e. The summed E-state index contributed by atoms with van der Waals surface area (Å²) in [5.74, 6) is -1.69. The first kappa shape index (κ1) is 15.0. The van der Waals surface area contributed by atoms with Crippen LogP contribution in [0.2, 0.25) is 0 Å². The third kappa shape index (κ3) is 4.33. The van der Waals surface area contributed by atoms with Crippen molar-refractivity contribution in [3.05, 3.63) is 12.2 Å². The zero-order valence-corrected chi connectivity index (χ0v) is 10.4. The predicted molar refractivity (Wildman–Crippen MR) is 61.0 cm³/mol. The highest BCUT2D eigenvalue weighted by Gasteiger charge is 2.41. The predicted octanol–water partition coefficient (Wildman–Crippen LogP) is 2.38. The number of hydrogen-bond acceptors (Lipinski definition) is 3. The van der Waals surface area contributed by atoms with Gasteiger partial charge in [-0.2, -0.15) is 13.2 Å². The molecule has 1 rings (SSSR count). The van der Waals surface area contributed by atoms with Crippen molar-refractivity contribution < 1.29 is 22.7 Å². The first-order valence-electron chi connectivity index (χ1n) is 5.98. The van der Waals surface area contributed by atoms with Gasteiger partial charge in [-0.25, -0.2) is 4.79 Å². The van der Waals surface area contributed by atoms with Gasteiger partial charge < -0.3 is 4.74 Å². The lowest BCUT2D eigenvalue weighted by atomic mass is 9.96. The Bertz CT molecular complexity index is 307. The van der Waals surface area contributed by atoms with Crippen molar-refractivity contribution in [1.82, 2.24) is 4.90 Å². The molecule has 1 aliphatic rings. The van der Waals surface area contributed by atoms with E-state index in [4.69, 9.17) is 4.74 Å². The van der Waals surface area contributed by atoms with Gasteiger partial charge in [-0.15, -0.1) is 0 Å². The largest absolute Gasteiger partial charge is 0.463 e. The van der Waals surface area contributed by atoms with Gasteiger partial charge in [0.15, 0.2) is 0 Å². The van der Waals surface area contributed by atoms with E-state index in [2.05, 4.69) is 6.58 Å². The van der Waals surface area contributed by atoms with Crippen LogP contribution in [0.5, 0.6) is 0 Å². The Hall–Kier alpha value is -1.04. The molecule has 0 spiro atoms. The molecule has 0 radical (unpaired) electrons. The zero-order valence-electron chi connectivity index (χ0n) is 10.4. The molecule has 0 aromatic heterocycles. The molecule has 0 atom stereocenters. The number of alkyl halides is 3. The van der Waals surface area contributed by atoms with Crippen LogP contribution in [0, 0.1) is 5.92 Å². The Kier molecular flexibility index (Phi) is 5.19. The van der Waals surface area contributed by atoms with E-state index in [1.54, 1.807) is 6.92 Å². The molecule has 18 heavy (non-hydrogen) atoms.